The second kappa shape index (κ2) is 7.37. The van der Waals surface area contributed by atoms with E-state index in [1.807, 2.05) is 25.1 Å². The van der Waals surface area contributed by atoms with Gasteiger partial charge in [0.2, 0.25) is 11.4 Å². The average Bonchev–Trinajstić information content (AvgIpc) is 2.67. The van der Waals surface area contributed by atoms with E-state index in [4.69, 9.17) is 22.1 Å². The number of aromatic nitrogens is 2. The number of fused-ring (bicyclic) bond motifs is 2. The van der Waals surface area contributed by atoms with E-state index in [1.54, 1.807) is 0 Å². The van der Waals surface area contributed by atoms with Crippen molar-refractivity contribution < 1.29 is 14.1 Å². The lowest BCUT2D eigenvalue weighted by Crippen LogP contribution is -2.45. The van der Waals surface area contributed by atoms with Crippen molar-refractivity contribution >= 4 is 40.4 Å². The lowest BCUT2D eigenvalue weighted by molar-refractivity contribution is -0.454. The fourth-order valence-corrected chi connectivity index (χ4v) is 3.74. The maximum absolute atomic E-state index is 11.8. The third-order valence-electron chi connectivity index (χ3n) is 4.93. The molecular weight excluding hydrogens is 380 g/mol. The molecule has 1 aromatic heterocycles. The highest BCUT2D eigenvalue weighted by Crippen LogP contribution is 2.35. The van der Waals surface area contributed by atoms with Crippen molar-refractivity contribution in [1.29, 1.82) is 0 Å². The molecule has 8 nitrogen and oxygen atoms in total. The Morgan fingerprint density at radius 1 is 1.43 bits per heavy atom. The van der Waals surface area contributed by atoms with Crippen LogP contribution in [0.25, 0.3) is 0 Å². The largest absolute Gasteiger partial charge is 0.476 e. The van der Waals surface area contributed by atoms with Gasteiger partial charge >= 0.3 is 0 Å². The summed E-state index contributed by atoms with van der Waals surface area (Å²) in [5, 5.41) is 3.35. The van der Waals surface area contributed by atoms with Crippen LogP contribution in [0.5, 0.6) is 5.75 Å². The summed E-state index contributed by atoms with van der Waals surface area (Å²) in [4.78, 5) is 22.6. The van der Waals surface area contributed by atoms with Crippen LogP contribution in [0, 0.1) is 0 Å². The maximum Gasteiger partial charge on any atom is 0.271 e. The van der Waals surface area contributed by atoms with Gasteiger partial charge in [-0.15, -0.1) is 0 Å². The highest BCUT2D eigenvalue weighted by molar-refractivity contribution is 6.30. The van der Waals surface area contributed by atoms with Crippen LogP contribution in [0.4, 0.5) is 17.2 Å². The number of carbonyl (C=O) groups excluding carboxylic acids is 1. The number of likely N-dealkylation sites (N-methyl/N-ethyl adjacent to an activating group) is 1. The number of nitrogens with zero attached hydrogens (tertiary/aromatic N) is 4. The monoisotopic (exact) mass is 401 g/mol. The molecule has 0 fully saturated rings. The molecule has 0 unspecified atom stereocenters. The predicted molar refractivity (Wildman–Crippen MR) is 107 cm³/mol. The van der Waals surface area contributed by atoms with Gasteiger partial charge in [-0.2, -0.15) is 4.58 Å². The summed E-state index contributed by atoms with van der Waals surface area (Å²) >= 11 is 6.17. The number of amides is 1. The Labute approximate surface area is 168 Å². The third kappa shape index (κ3) is 3.41. The van der Waals surface area contributed by atoms with E-state index in [0.29, 0.717) is 24.4 Å². The van der Waals surface area contributed by atoms with Gasteiger partial charge in [0.25, 0.3) is 5.91 Å². The molecule has 146 valence electrons. The van der Waals surface area contributed by atoms with Crippen LogP contribution in [0.2, 0.25) is 5.15 Å². The average molecular weight is 402 g/mol. The van der Waals surface area contributed by atoms with Gasteiger partial charge in [0.05, 0.1) is 18.8 Å². The minimum atomic E-state index is -0.660. The van der Waals surface area contributed by atoms with E-state index >= 15 is 0 Å². The Morgan fingerprint density at radius 3 is 3.00 bits per heavy atom. The highest BCUT2D eigenvalue weighted by atomic mass is 35.5. The van der Waals surface area contributed by atoms with E-state index in [2.05, 4.69) is 31.8 Å². The molecule has 0 radical (unpaired) electrons. The number of halogens is 1. The van der Waals surface area contributed by atoms with Gasteiger partial charge in [0, 0.05) is 17.8 Å². The van der Waals surface area contributed by atoms with Crippen molar-refractivity contribution in [2.45, 2.75) is 13.3 Å². The van der Waals surface area contributed by atoms with Crippen LogP contribution in [0.3, 0.4) is 0 Å². The Hall–Kier alpha value is -2.71. The van der Waals surface area contributed by atoms with Crippen LogP contribution in [0.1, 0.15) is 23.1 Å². The van der Waals surface area contributed by atoms with Gasteiger partial charge in [0.1, 0.15) is 0 Å². The summed E-state index contributed by atoms with van der Waals surface area (Å²) in [6.07, 6.45) is 0.558. The van der Waals surface area contributed by atoms with Crippen molar-refractivity contribution in [2.75, 3.05) is 38.6 Å². The number of nitrogens with one attached hydrogen (secondary N) is 1. The van der Waals surface area contributed by atoms with Crippen molar-refractivity contribution in [3.8, 4) is 5.75 Å². The van der Waals surface area contributed by atoms with Crippen LogP contribution >= 0.6 is 11.6 Å². The minimum absolute atomic E-state index is 0.0644. The number of ether oxygens (including phenoxy) is 1. The van der Waals surface area contributed by atoms with Crippen LogP contribution in [0.15, 0.2) is 18.2 Å². The van der Waals surface area contributed by atoms with Crippen molar-refractivity contribution in [1.82, 2.24) is 14.9 Å². The molecule has 1 amide bonds. The molecule has 2 aliphatic rings. The number of carbonyl (C=O) groups is 1. The van der Waals surface area contributed by atoms with Gasteiger partial charge < -0.3 is 15.8 Å². The molecule has 0 spiro atoms. The molecule has 0 bridgehead atoms. The number of anilines is 2. The first-order valence-corrected chi connectivity index (χ1v) is 9.55. The summed E-state index contributed by atoms with van der Waals surface area (Å²) < 4.78 is 8.27. The first kappa shape index (κ1) is 18.6. The Bertz CT molecular complexity index is 991. The van der Waals surface area contributed by atoms with Crippen molar-refractivity contribution in [3.05, 3.63) is 34.7 Å². The molecule has 1 aromatic carbocycles. The van der Waals surface area contributed by atoms with Gasteiger partial charge in [-0.3, -0.25) is 9.69 Å². The molecule has 3 heterocycles. The minimum Gasteiger partial charge on any atom is -0.476 e. The second-order valence-electron chi connectivity index (χ2n) is 6.93. The van der Waals surface area contributed by atoms with E-state index in [1.165, 1.54) is 5.71 Å². The molecule has 2 aromatic rings. The van der Waals surface area contributed by atoms with E-state index < -0.39 is 5.91 Å². The predicted octanol–water partition coefficient (Wildman–Crippen LogP) is 1.96. The molecule has 9 heteroatoms. The zero-order valence-corrected chi connectivity index (χ0v) is 16.6. The summed E-state index contributed by atoms with van der Waals surface area (Å²) in [7, 11) is 2.11. The first-order valence-electron chi connectivity index (χ1n) is 9.17. The lowest BCUT2D eigenvalue weighted by Gasteiger charge is -2.26. The number of primary amides is 1. The zero-order valence-electron chi connectivity index (χ0n) is 15.8. The van der Waals surface area contributed by atoms with Gasteiger partial charge in [-0.25, -0.2) is 9.97 Å². The fourth-order valence-electron chi connectivity index (χ4n) is 3.48. The lowest BCUT2D eigenvalue weighted by atomic mass is 10.1. The third-order valence-corrected chi connectivity index (χ3v) is 5.24. The van der Waals surface area contributed by atoms with E-state index in [9.17, 15) is 4.79 Å². The molecule has 0 saturated heterocycles. The highest BCUT2D eigenvalue weighted by Gasteiger charge is 2.32. The SMILES string of the molecule is CCc1nc(C(N)=O)c(Nc2ccc3c(c2)OCC2=[N+]3CCN(C)C2)nc1Cl. The number of nitrogens with two attached hydrogens (primary N) is 1. The van der Waals surface area contributed by atoms with E-state index in [0.717, 1.165) is 31.1 Å². The maximum atomic E-state index is 11.8. The summed E-state index contributed by atoms with van der Waals surface area (Å²) in [5.41, 5.74) is 9.09. The van der Waals surface area contributed by atoms with Crippen LogP contribution in [-0.2, 0) is 6.42 Å². The van der Waals surface area contributed by atoms with E-state index in [-0.39, 0.29) is 16.7 Å². The quantitative estimate of drug-likeness (QED) is 0.760. The zero-order chi connectivity index (χ0) is 19.8. The van der Waals surface area contributed by atoms with Gasteiger partial charge in [0.15, 0.2) is 35.6 Å². The number of hydrogen-bond donors (Lipinski definition) is 2. The Kier molecular flexibility index (Phi) is 4.91. The summed E-state index contributed by atoms with van der Waals surface area (Å²) in [6, 6.07) is 5.80. The fraction of sp³-hybridized carbons (Fsp3) is 0.368. The number of hydrogen-bond acceptors (Lipinski definition) is 6. The second-order valence-corrected chi connectivity index (χ2v) is 7.29. The Morgan fingerprint density at radius 2 is 2.25 bits per heavy atom. The molecule has 0 aliphatic carbocycles. The standard InChI is InChI=1S/C19H21ClN6O2/c1-3-13-17(20)24-19(16(23-13)18(21)27)22-11-4-5-14-15(8-11)28-10-12-9-25(2)6-7-26(12)14/h4-5,8H,3,6-7,9-10H2,1-2H3,(H2-,21,22,24,27)/p+1. The molecule has 28 heavy (non-hydrogen) atoms. The molecular formula is C19H22ClN6O2+. The van der Waals surface area contributed by atoms with Gasteiger partial charge in [-0.05, 0) is 19.5 Å². The number of benzene rings is 1. The van der Waals surface area contributed by atoms with Crippen LogP contribution < -0.4 is 15.8 Å². The summed E-state index contributed by atoms with van der Waals surface area (Å²) in [6.45, 7) is 5.28. The smallest absolute Gasteiger partial charge is 0.271 e. The van der Waals surface area contributed by atoms with Crippen molar-refractivity contribution in [2.24, 2.45) is 5.73 Å². The molecule has 3 N–H and O–H groups in total. The molecule has 4 rings (SSSR count). The Balaban J connectivity index is 1.66. The summed E-state index contributed by atoms with van der Waals surface area (Å²) in [5.74, 6) is 0.354. The molecule has 2 aliphatic heterocycles. The number of aryl methyl sites for hydroxylation is 1. The topological polar surface area (TPSA) is 96.4 Å². The molecule has 0 atom stereocenters. The first-order chi connectivity index (χ1) is 13.5. The number of rotatable bonds is 4. The van der Waals surface area contributed by atoms with Gasteiger partial charge in [-0.1, -0.05) is 18.5 Å². The van der Waals surface area contributed by atoms with Crippen LogP contribution in [-0.4, -0.2) is 64.4 Å². The normalized spacial score (nSPS) is 16.2. The molecule has 0 saturated carbocycles. The van der Waals surface area contributed by atoms with Crippen molar-refractivity contribution in [3.63, 3.8) is 0 Å².